The summed E-state index contributed by atoms with van der Waals surface area (Å²) in [6.45, 7) is 5.20. The summed E-state index contributed by atoms with van der Waals surface area (Å²) in [6.07, 6.45) is 10.1. The molecule has 1 unspecified atom stereocenters. The van der Waals surface area contributed by atoms with Crippen LogP contribution in [0.2, 0.25) is 0 Å². The van der Waals surface area contributed by atoms with Gasteiger partial charge >= 0.3 is 5.97 Å². The number of unbranched alkanes of at least 4 members (excludes halogenated alkanes) is 7. The van der Waals surface area contributed by atoms with Crippen molar-refractivity contribution < 1.29 is 23.7 Å². The second-order valence-corrected chi connectivity index (χ2v) is 5.75. The maximum Gasteiger partial charge on any atom is 0.337 e. The van der Waals surface area contributed by atoms with E-state index < -0.39 is 0 Å². The van der Waals surface area contributed by atoms with Crippen molar-refractivity contribution in [1.29, 1.82) is 0 Å². The molecule has 0 aromatic heterocycles. The number of rotatable bonds is 16. The summed E-state index contributed by atoms with van der Waals surface area (Å²) in [6, 6.07) is 0. The van der Waals surface area contributed by atoms with Crippen molar-refractivity contribution in [2.24, 2.45) is 0 Å². The van der Waals surface area contributed by atoms with Crippen molar-refractivity contribution in [1.82, 2.24) is 0 Å². The minimum absolute atomic E-state index is 0.213. The molecule has 22 heavy (non-hydrogen) atoms. The Labute approximate surface area is 134 Å². The predicted octanol–water partition coefficient (Wildman–Crippen LogP) is 3.45. The lowest BCUT2D eigenvalue weighted by atomic mass is 10.2. The Morgan fingerprint density at radius 3 is 2.00 bits per heavy atom. The van der Waals surface area contributed by atoms with Gasteiger partial charge in [-0.3, -0.25) is 0 Å². The largest absolute Gasteiger partial charge is 0.464 e. The number of epoxide rings is 1. The molecule has 130 valence electrons. The van der Waals surface area contributed by atoms with Crippen LogP contribution in [0.15, 0.2) is 0 Å². The van der Waals surface area contributed by atoms with E-state index in [0.717, 1.165) is 45.3 Å². The molecule has 0 aromatic rings. The van der Waals surface area contributed by atoms with E-state index in [4.69, 9.17) is 18.9 Å². The predicted molar refractivity (Wildman–Crippen MR) is 84.7 cm³/mol. The Balaban J connectivity index is 1.65. The molecule has 5 nitrogen and oxygen atoms in total. The summed E-state index contributed by atoms with van der Waals surface area (Å²) >= 11 is 0. The molecular weight excluding hydrogens is 284 g/mol. The van der Waals surface area contributed by atoms with Gasteiger partial charge in [-0.15, -0.1) is 0 Å². The van der Waals surface area contributed by atoms with Gasteiger partial charge in [0.2, 0.25) is 0 Å². The highest BCUT2D eigenvalue weighted by molar-refractivity contribution is 5.76. The van der Waals surface area contributed by atoms with Crippen molar-refractivity contribution in [3.63, 3.8) is 0 Å². The first-order chi connectivity index (χ1) is 10.8. The normalized spacial score (nSPS) is 16.7. The van der Waals surface area contributed by atoms with Crippen LogP contribution in [0.4, 0.5) is 0 Å². The molecular formula is C17H32O5. The van der Waals surface area contributed by atoms with E-state index in [-0.39, 0.29) is 12.1 Å². The molecule has 0 radical (unpaired) electrons. The zero-order chi connectivity index (χ0) is 15.9. The minimum atomic E-state index is -0.278. The lowest BCUT2D eigenvalue weighted by Crippen LogP contribution is -2.12. The quantitative estimate of drug-likeness (QED) is 0.189. The summed E-state index contributed by atoms with van der Waals surface area (Å²) in [4.78, 5) is 11.2. The molecule has 1 aliphatic rings. The first kappa shape index (κ1) is 19.4. The fourth-order valence-electron chi connectivity index (χ4n) is 2.09. The van der Waals surface area contributed by atoms with Crippen molar-refractivity contribution in [3.05, 3.63) is 0 Å². The highest BCUT2D eigenvalue weighted by Crippen LogP contribution is 2.11. The van der Waals surface area contributed by atoms with Gasteiger partial charge in [-0.1, -0.05) is 39.0 Å². The van der Waals surface area contributed by atoms with Crippen LogP contribution < -0.4 is 0 Å². The highest BCUT2D eigenvalue weighted by atomic mass is 16.7. The van der Waals surface area contributed by atoms with Crippen LogP contribution in [-0.4, -0.2) is 45.3 Å². The van der Waals surface area contributed by atoms with Gasteiger partial charge in [0.05, 0.1) is 13.2 Å². The first-order valence-electron chi connectivity index (χ1n) is 8.78. The lowest BCUT2D eigenvalue weighted by molar-refractivity contribution is -0.145. The van der Waals surface area contributed by atoms with Gasteiger partial charge < -0.3 is 18.9 Å². The molecule has 0 N–H and O–H groups in total. The number of esters is 1. The second-order valence-electron chi connectivity index (χ2n) is 5.75. The zero-order valence-electron chi connectivity index (χ0n) is 14.0. The molecule has 0 aromatic carbocycles. The summed E-state index contributed by atoms with van der Waals surface area (Å²) in [5, 5.41) is 0. The smallest absolute Gasteiger partial charge is 0.337 e. The Morgan fingerprint density at radius 2 is 1.45 bits per heavy atom. The second kappa shape index (κ2) is 14.0. The number of ether oxygens (including phenoxy) is 4. The fourth-order valence-corrected chi connectivity index (χ4v) is 2.09. The number of carbonyl (C=O) groups is 1. The third-order valence-corrected chi connectivity index (χ3v) is 3.58. The number of hydrogen-bond acceptors (Lipinski definition) is 5. The first-order valence-corrected chi connectivity index (χ1v) is 8.78. The van der Waals surface area contributed by atoms with Gasteiger partial charge in [0.15, 0.2) is 6.10 Å². The fraction of sp³-hybridized carbons (Fsp3) is 0.941. The van der Waals surface area contributed by atoms with Crippen LogP contribution in [-0.2, 0) is 23.7 Å². The Hall–Kier alpha value is -0.650. The molecule has 0 aliphatic carbocycles. The summed E-state index contributed by atoms with van der Waals surface area (Å²) in [5.41, 5.74) is 0. The minimum Gasteiger partial charge on any atom is -0.464 e. The molecule has 1 fully saturated rings. The average molecular weight is 316 g/mol. The van der Waals surface area contributed by atoms with Crippen LogP contribution in [0.5, 0.6) is 0 Å². The highest BCUT2D eigenvalue weighted by Gasteiger charge is 2.32. The molecule has 1 atom stereocenters. The summed E-state index contributed by atoms with van der Waals surface area (Å²) < 4.78 is 20.7. The van der Waals surface area contributed by atoms with Crippen LogP contribution in [0.1, 0.15) is 64.7 Å². The molecule has 1 rings (SSSR count). The van der Waals surface area contributed by atoms with E-state index in [9.17, 15) is 4.79 Å². The maximum absolute atomic E-state index is 11.2. The van der Waals surface area contributed by atoms with Gasteiger partial charge in [0, 0.05) is 13.2 Å². The van der Waals surface area contributed by atoms with Gasteiger partial charge in [-0.05, 0) is 25.7 Å². The van der Waals surface area contributed by atoms with E-state index >= 15 is 0 Å². The summed E-state index contributed by atoms with van der Waals surface area (Å²) in [7, 11) is 0. The van der Waals surface area contributed by atoms with E-state index in [2.05, 4.69) is 6.92 Å². The van der Waals surface area contributed by atoms with E-state index in [1.165, 1.54) is 25.7 Å². The Bertz CT molecular complexity index is 266. The van der Waals surface area contributed by atoms with Crippen LogP contribution >= 0.6 is 0 Å². The van der Waals surface area contributed by atoms with Gasteiger partial charge in [0.25, 0.3) is 0 Å². The zero-order valence-corrected chi connectivity index (χ0v) is 14.0. The molecule has 0 bridgehead atoms. The maximum atomic E-state index is 11.2. The Kier molecular flexibility index (Phi) is 12.3. The van der Waals surface area contributed by atoms with Crippen LogP contribution in [0.25, 0.3) is 0 Å². The van der Waals surface area contributed by atoms with Gasteiger partial charge in [-0.25, -0.2) is 4.79 Å². The van der Waals surface area contributed by atoms with Gasteiger partial charge in [-0.2, -0.15) is 0 Å². The van der Waals surface area contributed by atoms with E-state index in [1.54, 1.807) is 0 Å². The molecule has 1 saturated heterocycles. The molecule has 5 heteroatoms. The van der Waals surface area contributed by atoms with Crippen LogP contribution in [0.3, 0.4) is 0 Å². The third-order valence-electron chi connectivity index (χ3n) is 3.58. The van der Waals surface area contributed by atoms with E-state index in [0.29, 0.717) is 20.0 Å². The topological polar surface area (TPSA) is 57.3 Å². The molecule has 0 spiro atoms. The van der Waals surface area contributed by atoms with E-state index in [1.807, 2.05) is 0 Å². The summed E-state index contributed by atoms with van der Waals surface area (Å²) in [5.74, 6) is -0.213. The van der Waals surface area contributed by atoms with Gasteiger partial charge in [0.1, 0.15) is 6.79 Å². The lowest BCUT2D eigenvalue weighted by Gasteiger charge is -2.06. The Morgan fingerprint density at radius 1 is 0.909 bits per heavy atom. The SMILES string of the molecule is CCCCCCCOCOCCCCCCOC(=O)C1CO1. The standard InChI is InChI=1S/C17H32O5/c1-2-3-4-5-8-11-19-15-20-12-9-6-7-10-13-21-17(18)16-14-22-16/h16H,2-15H2,1H3. The third kappa shape index (κ3) is 12.0. The average Bonchev–Trinajstić information content (AvgIpc) is 3.36. The molecule has 1 aliphatic heterocycles. The monoisotopic (exact) mass is 316 g/mol. The van der Waals surface area contributed by atoms with Crippen LogP contribution in [0, 0.1) is 0 Å². The number of carbonyl (C=O) groups excluding carboxylic acids is 1. The number of hydrogen-bond donors (Lipinski definition) is 0. The molecule has 0 amide bonds. The molecule has 0 saturated carbocycles. The van der Waals surface area contributed by atoms with Crippen molar-refractivity contribution >= 4 is 5.97 Å². The van der Waals surface area contributed by atoms with Crippen molar-refractivity contribution in [2.75, 3.05) is 33.2 Å². The molecule has 1 heterocycles. The van der Waals surface area contributed by atoms with Crippen molar-refractivity contribution in [3.8, 4) is 0 Å². The van der Waals surface area contributed by atoms with Crippen molar-refractivity contribution in [2.45, 2.75) is 70.8 Å².